The molecule has 0 unspecified atom stereocenters. The molecule has 0 saturated carbocycles. The molecule has 1 amide bonds. The van der Waals surface area contributed by atoms with Crippen LogP contribution in [0.15, 0.2) is 97.2 Å². The zero-order chi connectivity index (χ0) is 30.7. The summed E-state index contributed by atoms with van der Waals surface area (Å²) in [4.78, 5) is 43.2. The number of rotatable bonds is 9. The van der Waals surface area contributed by atoms with Gasteiger partial charge in [0, 0.05) is 36.1 Å². The molecular weight excluding hydrogens is 524 g/mol. The number of benzene rings is 3. The van der Waals surface area contributed by atoms with Crippen LogP contribution < -0.4 is 11.3 Å². The third kappa shape index (κ3) is 9.21. The Morgan fingerprint density at radius 3 is 1.95 bits per heavy atom. The van der Waals surface area contributed by atoms with E-state index >= 15 is 0 Å². The Balaban J connectivity index is 0.000000337. The molecule has 0 aliphatic carbocycles. The fourth-order valence-corrected chi connectivity index (χ4v) is 4.15. The highest BCUT2D eigenvalue weighted by atomic mass is 16.2. The van der Waals surface area contributed by atoms with Gasteiger partial charge in [-0.25, -0.2) is 0 Å². The predicted octanol–water partition coefficient (Wildman–Crippen LogP) is 6.78. The van der Waals surface area contributed by atoms with E-state index in [0.717, 1.165) is 11.3 Å². The molecule has 0 radical (unpaired) electrons. The van der Waals surface area contributed by atoms with Crippen LogP contribution in [0.4, 0.5) is 5.69 Å². The van der Waals surface area contributed by atoms with Gasteiger partial charge in [-0.05, 0) is 66.8 Å². The molecule has 0 saturated heterocycles. The summed E-state index contributed by atoms with van der Waals surface area (Å²) in [6, 6.07) is 27.7. The van der Waals surface area contributed by atoms with E-state index in [2.05, 4.69) is 43.3 Å². The van der Waals surface area contributed by atoms with Gasteiger partial charge in [0.25, 0.3) is 5.91 Å². The van der Waals surface area contributed by atoms with Gasteiger partial charge < -0.3 is 10.3 Å². The first-order chi connectivity index (χ1) is 20.0. The number of ketones is 2. The SMILES string of the molecule is CC(C)(C)c1ccc(NN)cc1.CCN(Cc1ccc(C)cc1)C(=O)c1ccc(C(=O)CC(=O)c2ccccn2)cc1. The van der Waals surface area contributed by atoms with E-state index in [4.69, 9.17) is 5.84 Å². The summed E-state index contributed by atoms with van der Waals surface area (Å²) in [6.45, 7) is 11.6. The number of amides is 1. The first-order valence-electron chi connectivity index (χ1n) is 14.0. The number of nitrogen functional groups attached to an aromatic ring is 1. The number of anilines is 1. The van der Waals surface area contributed by atoms with E-state index in [1.807, 2.05) is 50.2 Å². The Morgan fingerprint density at radius 1 is 0.810 bits per heavy atom. The van der Waals surface area contributed by atoms with Gasteiger partial charge in [0.1, 0.15) is 5.69 Å². The summed E-state index contributed by atoms with van der Waals surface area (Å²) >= 11 is 0. The van der Waals surface area contributed by atoms with Crippen molar-refractivity contribution in [2.45, 2.75) is 53.0 Å². The second-order valence-corrected chi connectivity index (χ2v) is 11.1. The number of carbonyl (C=O) groups is 3. The van der Waals surface area contributed by atoms with E-state index in [9.17, 15) is 14.4 Å². The van der Waals surface area contributed by atoms with Crippen LogP contribution >= 0.6 is 0 Å². The number of aryl methyl sites for hydroxylation is 1. The maximum absolute atomic E-state index is 12.9. The minimum Gasteiger partial charge on any atom is -0.335 e. The average molecular weight is 565 g/mol. The largest absolute Gasteiger partial charge is 0.335 e. The van der Waals surface area contributed by atoms with Crippen molar-refractivity contribution in [3.63, 3.8) is 0 Å². The van der Waals surface area contributed by atoms with E-state index in [1.54, 1.807) is 47.4 Å². The van der Waals surface area contributed by atoms with Crippen LogP contribution in [0.1, 0.15) is 82.0 Å². The van der Waals surface area contributed by atoms with Crippen molar-refractivity contribution >= 4 is 23.2 Å². The van der Waals surface area contributed by atoms with E-state index in [0.29, 0.717) is 24.2 Å². The number of hydrazine groups is 1. The van der Waals surface area contributed by atoms with E-state index < -0.39 is 0 Å². The van der Waals surface area contributed by atoms with Crippen LogP contribution in [-0.4, -0.2) is 33.9 Å². The van der Waals surface area contributed by atoms with Crippen LogP contribution in [0.5, 0.6) is 0 Å². The molecule has 7 heteroatoms. The lowest BCUT2D eigenvalue weighted by Crippen LogP contribution is -2.30. The van der Waals surface area contributed by atoms with Gasteiger partial charge in [0.15, 0.2) is 11.6 Å². The fraction of sp³-hybridized carbons (Fsp3) is 0.257. The van der Waals surface area contributed by atoms with Crippen LogP contribution in [-0.2, 0) is 12.0 Å². The summed E-state index contributed by atoms with van der Waals surface area (Å²) < 4.78 is 0. The maximum Gasteiger partial charge on any atom is 0.254 e. The Bertz CT molecular complexity index is 1460. The van der Waals surface area contributed by atoms with Gasteiger partial charge in [-0.3, -0.25) is 25.2 Å². The number of aromatic nitrogens is 1. The first kappa shape index (κ1) is 31.9. The Hall–Kier alpha value is -4.62. The molecule has 0 atom stereocenters. The van der Waals surface area contributed by atoms with E-state index in [1.165, 1.54) is 17.3 Å². The molecule has 42 heavy (non-hydrogen) atoms. The number of Topliss-reactive ketones (excluding diaryl/α,β-unsaturated/α-hetero) is 2. The molecule has 0 aliphatic rings. The van der Waals surface area contributed by atoms with Crippen molar-refractivity contribution in [3.05, 3.63) is 131 Å². The molecule has 7 nitrogen and oxygen atoms in total. The van der Waals surface area contributed by atoms with Crippen molar-refractivity contribution in [2.24, 2.45) is 5.84 Å². The molecule has 3 N–H and O–H groups in total. The summed E-state index contributed by atoms with van der Waals surface area (Å²) in [6.07, 6.45) is 1.27. The monoisotopic (exact) mass is 564 g/mol. The van der Waals surface area contributed by atoms with Crippen molar-refractivity contribution in [1.29, 1.82) is 0 Å². The maximum atomic E-state index is 12.9. The Morgan fingerprint density at radius 2 is 1.43 bits per heavy atom. The lowest BCUT2D eigenvalue weighted by Gasteiger charge is -2.21. The standard InChI is InChI=1S/C25H24N2O3.C10H16N2/c1-3-27(17-19-9-7-18(2)8-10-19)25(30)21-13-11-20(12-14-21)23(28)16-24(29)22-6-4-5-15-26-22;1-10(2,3)8-4-6-9(12-11)7-5-8/h4-15H,3,16-17H2,1-2H3;4-7,12H,11H2,1-3H3. The average Bonchev–Trinajstić information content (AvgIpc) is 3.01. The van der Waals surface area contributed by atoms with Gasteiger partial charge in [-0.1, -0.05) is 80.9 Å². The molecule has 0 aliphatic heterocycles. The first-order valence-corrected chi connectivity index (χ1v) is 14.0. The second kappa shape index (κ2) is 14.8. The zero-order valence-corrected chi connectivity index (χ0v) is 25.1. The van der Waals surface area contributed by atoms with Crippen LogP contribution in [0.3, 0.4) is 0 Å². The molecule has 0 fully saturated rings. The van der Waals surface area contributed by atoms with Crippen molar-refractivity contribution in [1.82, 2.24) is 9.88 Å². The van der Waals surface area contributed by atoms with Crippen LogP contribution in [0.2, 0.25) is 0 Å². The predicted molar refractivity (Wildman–Crippen MR) is 169 cm³/mol. The normalized spacial score (nSPS) is 10.7. The summed E-state index contributed by atoms with van der Waals surface area (Å²) in [5.74, 6) is 4.55. The fourth-order valence-electron chi connectivity index (χ4n) is 4.15. The highest BCUT2D eigenvalue weighted by molar-refractivity contribution is 6.13. The summed E-state index contributed by atoms with van der Waals surface area (Å²) in [7, 11) is 0. The number of nitrogens with two attached hydrogens (primary N) is 1. The van der Waals surface area contributed by atoms with Crippen LogP contribution in [0.25, 0.3) is 0 Å². The highest BCUT2D eigenvalue weighted by Gasteiger charge is 2.18. The van der Waals surface area contributed by atoms with Gasteiger partial charge in [0.05, 0.1) is 6.42 Å². The Kier molecular flexibility index (Phi) is 11.3. The van der Waals surface area contributed by atoms with Gasteiger partial charge in [-0.15, -0.1) is 0 Å². The molecule has 1 aromatic heterocycles. The smallest absolute Gasteiger partial charge is 0.254 e. The molecule has 1 heterocycles. The zero-order valence-electron chi connectivity index (χ0n) is 25.1. The number of nitrogens with zero attached hydrogens (tertiary/aromatic N) is 2. The molecule has 3 aromatic carbocycles. The van der Waals surface area contributed by atoms with Crippen molar-refractivity contribution in [3.8, 4) is 0 Å². The molecule has 218 valence electrons. The number of nitrogens with one attached hydrogen (secondary N) is 1. The number of pyridine rings is 1. The molecule has 4 aromatic rings. The molecule has 0 spiro atoms. The quantitative estimate of drug-likeness (QED) is 0.101. The van der Waals surface area contributed by atoms with Crippen molar-refractivity contribution in [2.75, 3.05) is 12.0 Å². The minimum atomic E-state index is -0.323. The van der Waals surface area contributed by atoms with Crippen molar-refractivity contribution < 1.29 is 14.4 Å². The highest BCUT2D eigenvalue weighted by Crippen LogP contribution is 2.23. The number of carbonyl (C=O) groups excluding carboxylic acids is 3. The number of hydrogen-bond donors (Lipinski definition) is 2. The van der Waals surface area contributed by atoms with Crippen LogP contribution in [0, 0.1) is 6.92 Å². The minimum absolute atomic E-state index is 0.0957. The molecule has 0 bridgehead atoms. The second-order valence-electron chi connectivity index (χ2n) is 11.1. The third-order valence-electron chi connectivity index (χ3n) is 6.81. The molecular formula is C35H40N4O3. The lowest BCUT2D eigenvalue weighted by molar-refractivity contribution is 0.0751. The summed E-state index contributed by atoms with van der Waals surface area (Å²) in [5.41, 5.74) is 8.51. The third-order valence-corrected chi connectivity index (χ3v) is 6.81. The Labute approximate surface area is 248 Å². The van der Waals surface area contributed by atoms with Gasteiger partial charge in [0.2, 0.25) is 0 Å². The number of hydrogen-bond acceptors (Lipinski definition) is 6. The molecule has 4 rings (SSSR count). The lowest BCUT2D eigenvalue weighted by atomic mass is 9.87. The van der Waals surface area contributed by atoms with Gasteiger partial charge >= 0.3 is 0 Å². The van der Waals surface area contributed by atoms with Gasteiger partial charge in [-0.2, -0.15) is 0 Å². The topological polar surface area (TPSA) is 105 Å². The van der Waals surface area contributed by atoms with E-state index in [-0.39, 0.29) is 35.0 Å². The summed E-state index contributed by atoms with van der Waals surface area (Å²) in [5, 5.41) is 0.